The Bertz CT molecular complexity index is 1230. The first kappa shape index (κ1) is 20.9. The van der Waals surface area contributed by atoms with Gasteiger partial charge in [-0.25, -0.2) is 8.78 Å². The van der Waals surface area contributed by atoms with Crippen molar-refractivity contribution in [3.05, 3.63) is 90.8 Å². The van der Waals surface area contributed by atoms with Crippen molar-refractivity contribution >= 4 is 29.3 Å². The molecular weight excluding hydrogens is 392 g/mol. The molecular formula is C23H21F2NO2S. The van der Waals surface area contributed by atoms with Crippen LogP contribution in [0.3, 0.4) is 0 Å². The average Bonchev–Trinajstić information content (AvgIpc) is 2.91. The molecule has 3 rings (SSSR count). The lowest BCUT2D eigenvalue weighted by Crippen LogP contribution is -2.33. The Labute approximate surface area is 171 Å². The molecule has 3 nitrogen and oxygen atoms in total. The molecule has 0 fully saturated rings. The number of nitrogens with zero attached hydrogens (tertiary/aromatic N) is 1. The van der Waals surface area contributed by atoms with Crippen molar-refractivity contribution in [1.82, 2.24) is 4.57 Å². The Hall–Kier alpha value is -2.86. The second-order valence-corrected chi connectivity index (χ2v) is 8.81. The third-order valence-corrected chi connectivity index (χ3v) is 5.42. The van der Waals surface area contributed by atoms with E-state index >= 15 is 0 Å². The van der Waals surface area contributed by atoms with Crippen LogP contribution in [0.4, 0.5) is 8.78 Å². The van der Waals surface area contributed by atoms with Gasteiger partial charge in [-0.2, -0.15) is 0 Å². The van der Waals surface area contributed by atoms with Crippen LogP contribution in [-0.2, 0) is 11.3 Å². The molecule has 2 aromatic carbocycles. The molecule has 0 aliphatic heterocycles. The first-order valence-electron chi connectivity index (χ1n) is 9.11. The van der Waals surface area contributed by atoms with Gasteiger partial charge in [-0.1, -0.05) is 51.1 Å². The Morgan fingerprint density at radius 2 is 1.83 bits per heavy atom. The van der Waals surface area contributed by atoms with E-state index in [9.17, 15) is 18.4 Å². The summed E-state index contributed by atoms with van der Waals surface area (Å²) in [5.41, 5.74) is -0.0805. The maximum atomic E-state index is 14.1. The molecule has 0 radical (unpaired) electrons. The predicted octanol–water partition coefficient (Wildman–Crippen LogP) is 3.46. The summed E-state index contributed by atoms with van der Waals surface area (Å²) < 4.78 is 29.8. The monoisotopic (exact) mass is 413 g/mol. The lowest BCUT2D eigenvalue weighted by molar-refractivity contribution is -0.120. The van der Waals surface area contributed by atoms with Crippen molar-refractivity contribution in [2.45, 2.75) is 27.3 Å². The minimum absolute atomic E-state index is 0.00224. The van der Waals surface area contributed by atoms with E-state index in [1.807, 2.05) is 0 Å². The molecule has 6 heteroatoms. The Kier molecular flexibility index (Phi) is 5.94. The number of halogens is 2. The van der Waals surface area contributed by atoms with Crippen LogP contribution in [0, 0.1) is 17.0 Å². The van der Waals surface area contributed by atoms with Gasteiger partial charge in [0.25, 0.3) is 5.56 Å². The molecule has 1 heterocycles. The van der Waals surface area contributed by atoms with Crippen LogP contribution in [0.5, 0.6) is 0 Å². The normalized spacial score (nSPS) is 13.1. The molecule has 0 bridgehead atoms. The van der Waals surface area contributed by atoms with Gasteiger partial charge in [0.15, 0.2) is 5.78 Å². The fourth-order valence-electron chi connectivity index (χ4n) is 2.67. The number of ketones is 1. The van der Waals surface area contributed by atoms with Crippen LogP contribution in [0.1, 0.15) is 31.9 Å². The third-order valence-electron chi connectivity index (χ3n) is 4.36. The summed E-state index contributed by atoms with van der Waals surface area (Å²) in [6, 6.07) is 12.1. The topological polar surface area (TPSA) is 39.1 Å². The van der Waals surface area contributed by atoms with Gasteiger partial charge in [0, 0.05) is 17.1 Å². The van der Waals surface area contributed by atoms with Crippen LogP contribution >= 0.6 is 11.3 Å². The number of benzene rings is 2. The molecule has 0 N–H and O–H groups in total. The maximum absolute atomic E-state index is 14.1. The quantitative estimate of drug-likeness (QED) is 0.657. The van der Waals surface area contributed by atoms with Gasteiger partial charge in [-0.3, -0.25) is 14.2 Å². The van der Waals surface area contributed by atoms with E-state index in [0.29, 0.717) is 20.3 Å². The van der Waals surface area contributed by atoms with Gasteiger partial charge in [0.05, 0.1) is 11.1 Å². The summed E-state index contributed by atoms with van der Waals surface area (Å²) in [5.74, 6) is -0.968. The van der Waals surface area contributed by atoms with Gasteiger partial charge >= 0.3 is 0 Å². The van der Waals surface area contributed by atoms with Gasteiger partial charge in [-0.05, 0) is 29.8 Å². The fraction of sp³-hybridized carbons (Fsp3) is 0.217. The number of thiazole rings is 1. The summed E-state index contributed by atoms with van der Waals surface area (Å²) in [7, 11) is 0. The highest BCUT2D eigenvalue weighted by atomic mass is 32.1. The molecule has 3 aromatic rings. The Morgan fingerprint density at radius 1 is 1.10 bits per heavy atom. The number of carbonyl (C=O) groups excluding carboxylic acids is 1. The molecule has 0 unspecified atom stereocenters. The van der Waals surface area contributed by atoms with Gasteiger partial charge in [0.1, 0.15) is 16.3 Å². The van der Waals surface area contributed by atoms with E-state index in [-0.39, 0.29) is 17.9 Å². The summed E-state index contributed by atoms with van der Waals surface area (Å²) in [6.45, 7) is 5.37. The smallest absolute Gasteiger partial charge is 0.269 e. The molecule has 0 atom stereocenters. The Morgan fingerprint density at radius 3 is 2.48 bits per heavy atom. The number of hydrogen-bond acceptors (Lipinski definition) is 3. The van der Waals surface area contributed by atoms with Crippen LogP contribution in [0.2, 0.25) is 0 Å². The molecule has 0 saturated heterocycles. The van der Waals surface area contributed by atoms with E-state index < -0.39 is 17.0 Å². The van der Waals surface area contributed by atoms with Crippen LogP contribution in [0.25, 0.3) is 12.2 Å². The zero-order valence-electron chi connectivity index (χ0n) is 16.4. The molecule has 1 aromatic heterocycles. The summed E-state index contributed by atoms with van der Waals surface area (Å²) in [5, 5.41) is 0. The lowest BCUT2D eigenvalue weighted by atomic mass is 9.91. The predicted molar refractivity (Wildman–Crippen MR) is 112 cm³/mol. The van der Waals surface area contributed by atoms with Crippen LogP contribution in [0.15, 0.2) is 53.3 Å². The first-order valence-corrected chi connectivity index (χ1v) is 9.93. The lowest BCUT2D eigenvalue weighted by Gasteiger charge is -2.13. The number of Topliss-reactive ketones (excluding diaryl/α,β-unsaturated/α-hetero) is 1. The van der Waals surface area contributed by atoms with Crippen molar-refractivity contribution in [3.63, 3.8) is 0 Å². The highest BCUT2D eigenvalue weighted by molar-refractivity contribution is 7.07. The second kappa shape index (κ2) is 8.25. The molecule has 150 valence electrons. The molecule has 29 heavy (non-hydrogen) atoms. The van der Waals surface area contributed by atoms with E-state index in [4.69, 9.17) is 0 Å². The van der Waals surface area contributed by atoms with Crippen molar-refractivity contribution < 1.29 is 13.6 Å². The van der Waals surface area contributed by atoms with E-state index in [0.717, 1.165) is 11.3 Å². The van der Waals surface area contributed by atoms with Gasteiger partial charge < -0.3 is 0 Å². The molecule has 0 aliphatic carbocycles. The summed E-state index contributed by atoms with van der Waals surface area (Å²) >= 11 is 1.13. The Balaban J connectivity index is 2.21. The second-order valence-electron chi connectivity index (χ2n) is 7.75. The minimum Gasteiger partial charge on any atom is -0.294 e. The largest absolute Gasteiger partial charge is 0.294 e. The van der Waals surface area contributed by atoms with Crippen LogP contribution < -0.4 is 14.8 Å². The highest BCUT2D eigenvalue weighted by Crippen LogP contribution is 2.15. The van der Waals surface area contributed by atoms with Crippen molar-refractivity contribution in [1.29, 1.82) is 0 Å². The summed E-state index contributed by atoms with van der Waals surface area (Å²) in [6.07, 6.45) is 3.00. The fourth-order valence-corrected chi connectivity index (χ4v) is 3.71. The van der Waals surface area contributed by atoms with Crippen molar-refractivity contribution in [3.8, 4) is 0 Å². The number of hydrogen-bond donors (Lipinski definition) is 0. The first-order chi connectivity index (χ1) is 13.6. The number of rotatable bonds is 4. The van der Waals surface area contributed by atoms with Gasteiger partial charge in [0.2, 0.25) is 0 Å². The average molecular weight is 413 g/mol. The SMILES string of the molecule is CC(C)(C)C(=O)C=c1sc(=Cc2cccc(F)c2)c(=O)n1Cc1ccccc1F. The molecule has 0 spiro atoms. The zero-order chi connectivity index (χ0) is 21.2. The van der Waals surface area contributed by atoms with Crippen molar-refractivity contribution in [2.75, 3.05) is 0 Å². The van der Waals surface area contributed by atoms with Crippen LogP contribution in [-0.4, -0.2) is 10.4 Å². The van der Waals surface area contributed by atoms with E-state index in [2.05, 4.69) is 0 Å². The van der Waals surface area contributed by atoms with Gasteiger partial charge in [-0.15, -0.1) is 11.3 Å². The molecule has 0 saturated carbocycles. The standard InChI is InChI=1S/C23H21F2NO2S/c1-23(2,3)20(27)13-21-26(14-16-8-4-5-10-18(16)25)22(28)19(29-21)12-15-7-6-9-17(24)11-15/h4-13H,14H2,1-3H3. The maximum Gasteiger partial charge on any atom is 0.269 e. The van der Waals surface area contributed by atoms with E-state index in [1.165, 1.54) is 28.8 Å². The molecule has 0 amide bonds. The summed E-state index contributed by atoms with van der Waals surface area (Å²) in [4.78, 5) is 25.6. The zero-order valence-corrected chi connectivity index (χ0v) is 17.2. The highest BCUT2D eigenvalue weighted by Gasteiger charge is 2.19. The molecule has 0 aliphatic rings. The van der Waals surface area contributed by atoms with Crippen molar-refractivity contribution in [2.24, 2.45) is 5.41 Å². The van der Waals surface area contributed by atoms with E-state index in [1.54, 1.807) is 57.2 Å². The third kappa shape index (κ3) is 4.95. The number of aromatic nitrogens is 1. The number of carbonyl (C=O) groups is 1. The minimum atomic E-state index is -0.616.